The molecule has 1 nitrogen and oxygen atoms in total. The van der Waals surface area contributed by atoms with E-state index < -0.39 is 0 Å². The molecule has 1 aromatic rings. The molecule has 0 fully saturated rings. The number of halogens is 2. The number of hydrogen-bond donors (Lipinski definition) is 1. The van der Waals surface area contributed by atoms with Gasteiger partial charge < -0.3 is 5.32 Å². The van der Waals surface area contributed by atoms with E-state index in [0.717, 1.165) is 18.9 Å². The van der Waals surface area contributed by atoms with E-state index in [2.05, 4.69) is 12.2 Å². The van der Waals surface area contributed by atoms with Crippen LogP contribution in [0.25, 0.3) is 0 Å². The Labute approximate surface area is 89.5 Å². The number of benzene rings is 1. The first kappa shape index (κ1) is 12.1. The first-order chi connectivity index (χ1) is 7.17. The summed E-state index contributed by atoms with van der Waals surface area (Å²) in [6, 6.07) is 3.98. The van der Waals surface area contributed by atoms with Crippen LogP contribution in [0.1, 0.15) is 25.3 Å². The molecule has 1 aromatic carbocycles. The summed E-state index contributed by atoms with van der Waals surface area (Å²) >= 11 is 0. The molecule has 0 aliphatic heterocycles. The third-order valence-corrected chi connectivity index (χ3v) is 2.67. The Morgan fingerprint density at radius 2 is 2.07 bits per heavy atom. The van der Waals surface area contributed by atoms with Gasteiger partial charge in [-0.15, -0.1) is 0 Å². The van der Waals surface area contributed by atoms with Gasteiger partial charge in [-0.1, -0.05) is 6.92 Å². The van der Waals surface area contributed by atoms with Gasteiger partial charge in [0.05, 0.1) is 0 Å². The summed E-state index contributed by atoms with van der Waals surface area (Å²) in [7, 11) is 1.89. The van der Waals surface area contributed by atoms with Gasteiger partial charge in [0.25, 0.3) is 0 Å². The maximum absolute atomic E-state index is 13.2. The molecule has 0 aliphatic carbocycles. The van der Waals surface area contributed by atoms with Crippen molar-refractivity contribution in [1.82, 2.24) is 5.32 Å². The van der Waals surface area contributed by atoms with Gasteiger partial charge in [-0.05, 0) is 50.1 Å². The third-order valence-electron chi connectivity index (χ3n) is 2.67. The first-order valence-corrected chi connectivity index (χ1v) is 5.28. The fourth-order valence-corrected chi connectivity index (χ4v) is 1.62. The summed E-state index contributed by atoms with van der Waals surface area (Å²) < 4.78 is 26.1. The standard InChI is InChI=1S/C12H17F2N/c1-3-11(15-2)6-4-9-8-10(13)5-7-12(9)14/h5,7-8,11,15H,3-4,6H2,1-2H3. The lowest BCUT2D eigenvalue weighted by Gasteiger charge is -2.13. The quantitative estimate of drug-likeness (QED) is 0.793. The van der Waals surface area contributed by atoms with E-state index in [-0.39, 0.29) is 11.6 Å². The average molecular weight is 213 g/mol. The number of hydrogen-bond acceptors (Lipinski definition) is 1. The zero-order valence-corrected chi connectivity index (χ0v) is 9.19. The van der Waals surface area contributed by atoms with Crippen LogP contribution in [0.15, 0.2) is 18.2 Å². The van der Waals surface area contributed by atoms with E-state index in [9.17, 15) is 8.78 Å². The predicted octanol–water partition coefficient (Wildman–Crippen LogP) is 2.90. The number of rotatable bonds is 5. The highest BCUT2D eigenvalue weighted by Gasteiger charge is 2.07. The van der Waals surface area contributed by atoms with Crippen molar-refractivity contribution in [3.8, 4) is 0 Å². The molecule has 0 saturated heterocycles. The molecule has 84 valence electrons. The summed E-state index contributed by atoms with van der Waals surface area (Å²) in [5.41, 5.74) is 0.462. The molecule has 0 saturated carbocycles. The summed E-state index contributed by atoms with van der Waals surface area (Å²) in [4.78, 5) is 0. The fourth-order valence-electron chi connectivity index (χ4n) is 1.62. The summed E-state index contributed by atoms with van der Waals surface area (Å²) in [5, 5.41) is 3.14. The molecule has 0 amide bonds. The topological polar surface area (TPSA) is 12.0 Å². The van der Waals surface area contributed by atoms with Crippen molar-refractivity contribution in [2.24, 2.45) is 0 Å². The van der Waals surface area contributed by atoms with E-state index in [1.54, 1.807) is 0 Å². The SMILES string of the molecule is CCC(CCc1cc(F)ccc1F)NC. The molecule has 1 atom stereocenters. The van der Waals surface area contributed by atoms with E-state index >= 15 is 0 Å². The van der Waals surface area contributed by atoms with Gasteiger partial charge in [-0.2, -0.15) is 0 Å². The fraction of sp³-hybridized carbons (Fsp3) is 0.500. The Bertz CT molecular complexity index is 308. The number of aryl methyl sites for hydroxylation is 1. The monoisotopic (exact) mass is 213 g/mol. The zero-order chi connectivity index (χ0) is 11.3. The molecule has 0 aromatic heterocycles. The minimum atomic E-state index is -0.371. The lowest BCUT2D eigenvalue weighted by atomic mass is 10.0. The average Bonchev–Trinajstić information content (AvgIpc) is 2.24. The largest absolute Gasteiger partial charge is 0.317 e. The van der Waals surface area contributed by atoms with Crippen LogP contribution in [0.3, 0.4) is 0 Å². The maximum atomic E-state index is 13.2. The molecule has 0 aliphatic rings. The van der Waals surface area contributed by atoms with Crippen LogP contribution >= 0.6 is 0 Å². The molecule has 0 spiro atoms. The Kier molecular flexibility index (Phi) is 4.69. The highest BCUT2D eigenvalue weighted by molar-refractivity contribution is 5.18. The normalized spacial score (nSPS) is 12.8. The highest BCUT2D eigenvalue weighted by Crippen LogP contribution is 2.13. The van der Waals surface area contributed by atoms with Crippen LogP contribution in [0.4, 0.5) is 8.78 Å². The lowest BCUT2D eigenvalue weighted by molar-refractivity contribution is 0.498. The van der Waals surface area contributed by atoms with Gasteiger partial charge in [0.1, 0.15) is 11.6 Å². The molecule has 0 radical (unpaired) electrons. The lowest BCUT2D eigenvalue weighted by Crippen LogP contribution is -2.24. The summed E-state index contributed by atoms with van der Waals surface area (Å²) in [5.74, 6) is -0.689. The van der Waals surface area contributed by atoms with Crippen LogP contribution < -0.4 is 5.32 Å². The van der Waals surface area contributed by atoms with Crippen LogP contribution in [-0.4, -0.2) is 13.1 Å². The van der Waals surface area contributed by atoms with Crippen LogP contribution in [0.5, 0.6) is 0 Å². The van der Waals surface area contributed by atoms with Crippen molar-refractivity contribution >= 4 is 0 Å². The minimum absolute atomic E-state index is 0.317. The molecule has 0 heterocycles. The van der Waals surface area contributed by atoms with Gasteiger partial charge in [0.2, 0.25) is 0 Å². The van der Waals surface area contributed by atoms with Crippen molar-refractivity contribution in [1.29, 1.82) is 0 Å². The van der Waals surface area contributed by atoms with Crippen LogP contribution in [0, 0.1) is 11.6 Å². The first-order valence-electron chi connectivity index (χ1n) is 5.28. The van der Waals surface area contributed by atoms with Crippen molar-refractivity contribution in [3.05, 3.63) is 35.4 Å². The van der Waals surface area contributed by atoms with Crippen LogP contribution in [0.2, 0.25) is 0 Å². The Balaban J connectivity index is 2.60. The van der Waals surface area contributed by atoms with Gasteiger partial charge in [-0.25, -0.2) is 8.78 Å². The molecule has 3 heteroatoms. The molecule has 15 heavy (non-hydrogen) atoms. The third kappa shape index (κ3) is 3.59. The van der Waals surface area contributed by atoms with Crippen molar-refractivity contribution < 1.29 is 8.78 Å². The van der Waals surface area contributed by atoms with E-state index in [4.69, 9.17) is 0 Å². The molecule has 1 rings (SSSR count). The van der Waals surface area contributed by atoms with E-state index in [1.165, 1.54) is 12.1 Å². The Morgan fingerprint density at radius 3 is 2.67 bits per heavy atom. The van der Waals surface area contributed by atoms with E-state index in [1.807, 2.05) is 7.05 Å². The zero-order valence-electron chi connectivity index (χ0n) is 9.19. The Hall–Kier alpha value is -0.960. The van der Waals surface area contributed by atoms with Gasteiger partial charge in [0, 0.05) is 6.04 Å². The molecule has 1 N–H and O–H groups in total. The summed E-state index contributed by atoms with van der Waals surface area (Å²) in [6.07, 6.45) is 2.39. The minimum Gasteiger partial charge on any atom is -0.317 e. The molecular weight excluding hydrogens is 196 g/mol. The summed E-state index contributed by atoms with van der Waals surface area (Å²) in [6.45, 7) is 2.07. The Morgan fingerprint density at radius 1 is 1.33 bits per heavy atom. The predicted molar refractivity (Wildman–Crippen MR) is 57.8 cm³/mol. The second-order valence-corrected chi connectivity index (χ2v) is 3.67. The van der Waals surface area contributed by atoms with Crippen LogP contribution in [-0.2, 0) is 6.42 Å². The van der Waals surface area contributed by atoms with Crippen molar-refractivity contribution in [2.45, 2.75) is 32.2 Å². The highest BCUT2D eigenvalue weighted by atomic mass is 19.1. The molecular formula is C12H17F2N. The van der Waals surface area contributed by atoms with Crippen molar-refractivity contribution in [2.75, 3.05) is 7.05 Å². The maximum Gasteiger partial charge on any atom is 0.126 e. The smallest absolute Gasteiger partial charge is 0.126 e. The van der Waals surface area contributed by atoms with Crippen molar-refractivity contribution in [3.63, 3.8) is 0 Å². The molecule has 1 unspecified atom stereocenters. The second-order valence-electron chi connectivity index (χ2n) is 3.67. The van der Waals surface area contributed by atoms with Gasteiger partial charge >= 0.3 is 0 Å². The number of nitrogens with one attached hydrogen (secondary N) is 1. The van der Waals surface area contributed by atoms with Gasteiger partial charge in [0.15, 0.2) is 0 Å². The second kappa shape index (κ2) is 5.81. The molecule has 0 bridgehead atoms. The van der Waals surface area contributed by atoms with E-state index in [0.29, 0.717) is 18.0 Å². The van der Waals surface area contributed by atoms with Gasteiger partial charge in [-0.3, -0.25) is 0 Å².